The van der Waals surface area contributed by atoms with E-state index in [0.29, 0.717) is 12.6 Å². The molecule has 0 aromatic rings. The molecule has 1 aliphatic rings. The highest BCUT2D eigenvalue weighted by atomic mass is 32.2. The van der Waals surface area contributed by atoms with Crippen LogP contribution in [0.1, 0.15) is 58.8 Å². The predicted octanol–water partition coefficient (Wildman–Crippen LogP) is 2.26. The van der Waals surface area contributed by atoms with E-state index in [-0.39, 0.29) is 11.7 Å². The fourth-order valence-electron chi connectivity index (χ4n) is 2.52. The Morgan fingerprint density at radius 1 is 1.11 bits per heavy atom. The molecule has 19 heavy (non-hydrogen) atoms. The van der Waals surface area contributed by atoms with E-state index in [4.69, 9.17) is 0 Å². The number of nitrogens with one attached hydrogen (secondary N) is 2. The van der Waals surface area contributed by atoms with E-state index in [1.165, 1.54) is 38.5 Å². The molecule has 0 saturated heterocycles. The topological polar surface area (TPSA) is 58.2 Å². The first-order chi connectivity index (χ1) is 9.03. The predicted molar refractivity (Wildman–Crippen MR) is 80.7 cm³/mol. The van der Waals surface area contributed by atoms with Crippen molar-refractivity contribution in [2.45, 2.75) is 64.8 Å². The van der Waals surface area contributed by atoms with E-state index >= 15 is 0 Å². The van der Waals surface area contributed by atoms with Crippen LogP contribution in [0.5, 0.6) is 0 Å². The van der Waals surface area contributed by atoms with Crippen molar-refractivity contribution in [1.82, 2.24) is 10.0 Å². The van der Waals surface area contributed by atoms with Gasteiger partial charge in [-0.05, 0) is 18.8 Å². The van der Waals surface area contributed by atoms with E-state index in [1.54, 1.807) is 0 Å². The Hall–Kier alpha value is -0.130. The maximum absolute atomic E-state index is 11.8. The standard InChI is InChI=1S/C14H30N2O2S/c1-3-13(2)12-19(17,18)16-11-10-15-14-8-6-4-5-7-9-14/h13-16H,3-12H2,1-2H3. The first-order valence-electron chi connectivity index (χ1n) is 7.74. The average molecular weight is 290 g/mol. The van der Waals surface area contributed by atoms with Gasteiger partial charge in [-0.3, -0.25) is 0 Å². The monoisotopic (exact) mass is 290 g/mol. The van der Waals surface area contributed by atoms with Gasteiger partial charge in [0.05, 0.1) is 5.75 Å². The molecule has 114 valence electrons. The Morgan fingerprint density at radius 2 is 1.74 bits per heavy atom. The van der Waals surface area contributed by atoms with Crippen LogP contribution in [0.2, 0.25) is 0 Å². The summed E-state index contributed by atoms with van der Waals surface area (Å²) < 4.78 is 26.2. The van der Waals surface area contributed by atoms with Crippen molar-refractivity contribution in [3.05, 3.63) is 0 Å². The molecule has 1 unspecified atom stereocenters. The summed E-state index contributed by atoms with van der Waals surface area (Å²) in [7, 11) is -3.09. The minimum absolute atomic E-state index is 0.229. The normalized spacial score (nSPS) is 20.1. The largest absolute Gasteiger partial charge is 0.313 e. The highest BCUT2D eigenvalue weighted by molar-refractivity contribution is 7.89. The van der Waals surface area contributed by atoms with Gasteiger partial charge in [-0.1, -0.05) is 46.0 Å². The molecule has 4 nitrogen and oxygen atoms in total. The van der Waals surface area contributed by atoms with E-state index in [2.05, 4.69) is 10.0 Å². The minimum atomic E-state index is -3.09. The van der Waals surface area contributed by atoms with Crippen LogP contribution in [-0.4, -0.2) is 33.3 Å². The van der Waals surface area contributed by atoms with Gasteiger partial charge < -0.3 is 5.32 Å². The molecule has 5 heteroatoms. The number of hydrogen-bond acceptors (Lipinski definition) is 3. The van der Waals surface area contributed by atoms with Crippen molar-refractivity contribution in [3.63, 3.8) is 0 Å². The van der Waals surface area contributed by atoms with Crippen LogP contribution in [0.4, 0.5) is 0 Å². The molecule has 0 heterocycles. The van der Waals surface area contributed by atoms with Crippen LogP contribution in [0.25, 0.3) is 0 Å². The van der Waals surface area contributed by atoms with Gasteiger partial charge in [0, 0.05) is 19.1 Å². The van der Waals surface area contributed by atoms with Crippen LogP contribution < -0.4 is 10.0 Å². The summed E-state index contributed by atoms with van der Waals surface area (Å²) in [6.07, 6.45) is 8.68. The number of rotatable bonds is 8. The van der Waals surface area contributed by atoms with Gasteiger partial charge in [0.2, 0.25) is 10.0 Å². The SMILES string of the molecule is CCC(C)CS(=O)(=O)NCCNC1CCCCCC1. The molecule has 0 aliphatic heterocycles. The second-order valence-corrected chi connectivity index (χ2v) is 7.68. The Kier molecular flexibility index (Phi) is 7.95. The molecule has 0 spiro atoms. The molecule has 1 aliphatic carbocycles. The van der Waals surface area contributed by atoms with Crippen molar-refractivity contribution in [2.24, 2.45) is 5.92 Å². The molecule has 1 rings (SSSR count). The van der Waals surface area contributed by atoms with Crippen molar-refractivity contribution in [1.29, 1.82) is 0 Å². The van der Waals surface area contributed by atoms with Gasteiger partial charge >= 0.3 is 0 Å². The minimum Gasteiger partial charge on any atom is -0.313 e. The van der Waals surface area contributed by atoms with Crippen molar-refractivity contribution < 1.29 is 8.42 Å². The maximum atomic E-state index is 11.8. The van der Waals surface area contributed by atoms with Gasteiger partial charge in [-0.2, -0.15) is 0 Å². The molecule has 1 atom stereocenters. The molecule has 1 fully saturated rings. The maximum Gasteiger partial charge on any atom is 0.211 e. The first kappa shape index (κ1) is 16.9. The quantitative estimate of drug-likeness (QED) is 0.532. The van der Waals surface area contributed by atoms with Gasteiger partial charge in [0.1, 0.15) is 0 Å². The van der Waals surface area contributed by atoms with Crippen molar-refractivity contribution in [2.75, 3.05) is 18.8 Å². The second-order valence-electron chi connectivity index (χ2n) is 5.83. The van der Waals surface area contributed by atoms with E-state index in [0.717, 1.165) is 13.0 Å². The van der Waals surface area contributed by atoms with Crippen molar-refractivity contribution in [3.8, 4) is 0 Å². The Morgan fingerprint density at radius 3 is 2.32 bits per heavy atom. The smallest absolute Gasteiger partial charge is 0.211 e. The van der Waals surface area contributed by atoms with Gasteiger partial charge in [-0.15, -0.1) is 0 Å². The Bertz CT molecular complexity index is 322. The summed E-state index contributed by atoms with van der Waals surface area (Å²) in [4.78, 5) is 0. The number of sulfonamides is 1. The van der Waals surface area contributed by atoms with Gasteiger partial charge in [-0.25, -0.2) is 13.1 Å². The van der Waals surface area contributed by atoms with Crippen LogP contribution in [-0.2, 0) is 10.0 Å². The third-order valence-electron chi connectivity index (χ3n) is 3.94. The lowest BCUT2D eigenvalue weighted by Crippen LogP contribution is -2.38. The summed E-state index contributed by atoms with van der Waals surface area (Å²) in [5.41, 5.74) is 0. The molecule has 1 saturated carbocycles. The summed E-state index contributed by atoms with van der Waals surface area (Å²) in [5, 5.41) is 3.47. The molecule has 2 N–H and O–H groups in total. The average Bonchev–Trinajstić information content (AvgIpc) is 2.62. The zero-order valence-corrected chi connectivity index (χ0v) is 13.3. The molecular formula is C14H30N2O2S. The number of hydrogen-bond donors (Lipinski definition) is 2. The van der Waals surface area contributed by atoms with Crippen molar-refractivity contribution >= 4 is 10.0 Å². The van der Waals surface area contributed by atoms with Gasteiger partial charge in [0.25, 0.3) is 0 Å². The molecule has 0 bridgehead atoms. The summed E-state index contributed by atoms with van der Waals surface area (Å²) in [6.45, 7) is 5.25. The molecule has 0 aromatic carbocycles. The van der Waals surface area contributed by atoms with Crippen LogP contribution in [0, 0.1) is 5.92 Å². The summed E-state index contributed by atoms with van der Waals surface area (Å²) in [5.74, 6) is 0.472. The van der Waals surface area contributed by atoms with Gasteiger partial charge in [0.15, 0.2) is 0 Å². The van der Waals surface area contributed by atoms with Crippen LogP contribution >= 0.6 is 0 Å². The second kappa shape index (κ2) is 8.93. The fraction of sp³-hybridized carbons (Fsp3) is 1.00. The third-order valence-corrected chi connectivity index (χ3v) is 5.59. The van der Waals surface area contributed by atoms with E-state index < -0.39 is 10.0 Å². The summed E-state index contributed by atoms with van der Waals surface area (Å²) >= 11 is 0. The zero-order chi connectivity index (χ0) is 14.1. The molecule has 0 radical (unpaired) electrons. The lowest BCUT2D eigenvalue weighted by molar-refractivity contribution is 0.460. The van der Waals surface area contributed by atoms with E-state index in [9.17, 15) is 8.42 Å². The summed E-state index contributed by atoms with van der Waals surface area (Å²) in [6, 6.07) is 0.585. The molecule has 0 aromatic heterocycles. The van der Waals surface area contributed by atoms with Crippen LogP contribution in [0.15, 0.2) is 0 Å². The Balaban J connectivity index is 2.15. The van der Waals surface area contributed by atoms with Crippen LogP contribution in [0.3, 0.4) is 0 Å². The van der Waals surface area contributed by atoms with E-state index in [1.807, 2.05) is 13.8 Å². The lowest BCUT2D eigenvalue weighted by atomic mass is 10.1. The third kappa shape index (κ3) is 7.90. The fourth-order valence-corrected chi connectivity index (χ4v) is 4.03. The first-order valence-corrected chi connectivity index (χ1v) is 9.39. The highest BCUT2D eigenvalue weighted by Gasteiger charge is 2.14. The molecular weight excluding hydrogens is 260 g/mol. The highest BCUT2D eigenvalue weighted by Crippen LogP contribution is 2.16. The Labute approximate surface area is 118 Å². The molecule has 0 amide bonds. The lowest BCUT2D eigenvalue weighted by Gasteiger charge is -2.16. The zero-order valence-electron chi connectivity index (χ0n) is 12.5.